The summed E-state index contributed by atoms with van der Waals surface area (Å²) in [6.07, 6.45) is 1.92. The van der Waals surface area contributed by atoms with Crippen molar-refractivity contribution in [2.24, 2.45) is 0 Å². The van der Waals surface area contributed by atoms with Crippen molar-refractivity contribution in [1.82, 2.24) is 15.2 Å². The van der Waals surface area contributed by atoms with Crippen LogP contribution in [0, 0.1) is 0 Å². The van der Waals surface area contributed by atoms with Crippen LogP contribution in [0.5, 0.6) is 0 Å². The molecule has 1 aliphatic heterocycles. The molecule has 9 heteroatoms. The highest BCUT2D eigenvalue weighted by Gasteiger charge is 2.25. The zero-order valence-corrected chi connectivity index (χ0v) is 17.8. The molecule has 0 saturated carbocycles. The van der Waals surface area contributed by atoms with Gasteiger partial charge in [0.05, 0.1) is 25.1 Å². The van der Waals surface area contributed by atoms with Gasteiger partial charge in [-0.3, -0.25) is 14.4 Å². The van der Waals surface area contributed by atoms with E-state index in [0.29, 0.717) is 50.7 Å². The molecule has 0 unspecified atom stereocenters. The lowest BCUT2D eigenvalue weighted by molar-refractivity contribution is -0.145. The molecule has 160 valence electrons. The van der Waals surface area contributed by atoms with Crippen molar-refractivity contribution < 1.29 is 19.1 Å². The Balaban J connectivity index is 1.54. The van der Waals surface area contributed by atoms with Crippen molar-refractivity contribution in [2.75, 3.05) is 37.7 Å². The van der Waals surface area contributed by atoms with Crippen LogP contribution in [-0.2, 0) is 20.9 Å². The molecule has 30 heavy (non-hydrogen) atoms. The Morgan fingerprint density at radius 1 is 1.13 bits per heavy atom. The Kier molecular flexibility index (Phi) is 7.78. The summed E-state index contributed by atoms with van der Waals surface area (Å²) < 4.78 is 4.87. The summed E-state index contributed by atoms with van der Waals surface area (Å²) in [5, 5.41) is 4.92. The Bertz CT molecular complexity index is 864. The average Bonchev–Trinajstić information content (AvgIpc) is 3.30. The standard InChI is InChI=1S/C21H26N4O4S/c1-2-29-19(27)8-7-18(26)24-10-12-25(13-11-24)20-17(6-3-9-22-20)21(28)23-15-16-5-4-14-30-16/h3-6,9,14H,2,7-8,10-13,15H2,1H3,(H,23,28). The summed E-state index contributed by atoms with van der Waals surface area (Å²) >= 11 is 1.60. The fourth-order valence-electron chi connectivity index (χ4n) is 3.27. The third-order valence-corrected chi connectivity index (χ3v) is 5.69. The van der Waals surface area contributed by atoms with Gasteiger partial charge in [0.15, 0.2) is 0 Å². The van der Waals surface area contributed by atoms with Gasteiger partial charge in [0, 0.05) is 43.7 Å². The van der Waals surface area contributed by atoms with Gasteiger partial charge in [0.25, 0.3) is 5.91 Å². The van der Waals surface area contributed by atoms with Crippen molar-refractivity contribution in [3.05, 3.63) is 46.3 Å². The van der Waals surface area contributed by atoms with Gasteiger partial charge in [-0.15, -0.1) is 11.3 Å². The van der Waals surface area contributed by atoms with Gasteiger partial charge in [0.2, 0.25) is 5.91 Å². The SMILES string of the molecule is CCOC(=O)CCC(=O)N1CCN(c2ncccc2C(=O)NCc2cccs2)CC1. The monoisotopic (exact) mass is 430 g/mol. The van der Waals surface area contributed by atoms with Crippen LogP contribution in [-0.4, -0.2) is 60.5 Å². The van der Waals surface area contributed by atoms with Gasteiger partial charge in [-0.25, -0.2) is 4.98 Å². The predicted octanol–water partition coefficient (Wildman–Crippen LogP) is 2.06. The number of aromatic nitrogens is 1. The number of piperazine rings is 1. The molecule has 1 N–H and O–H groups in total. The number of anilines is 1. The van der Waals surface area contributed by atoms with E-state index in [1.54, 1.807) is 41.5 Å². The molecule has 3 heterocycles. The van der Waals surface area contributed by atoms with E-state index >= 15 is 0 Å². The number of esters is 1. The maximum Gasteiger partial charge on any atom is 0.306 e. The number of rotatable bonds is 8. The summed E-state index contributed by atoms with van der Waals surface area (Å²) in [6, 6.07) is 7.45. The second-order valence-electron chi connectivity index (χ2n) is 6.81. The third kappa shape index (κ3) is 5.79. The predicted molar refractivity (Wildman–Crippen MR) is 114 cm³/mol. The summed E-state index contributed by atoms with van der Waals surface area (Å²) in [7, 11) is 0. The normalized spacial score (nSPS) is 13.8. The second kappa shape index (κ2) is 10.7. The van der Waals surface area contributed by atoms with Crippen LogP contribution in [0.3, 0.4) is 0 Å². The van der Waals surface area contributed by atoms with Gasteiger partial charge in [-0.05, 0) is 30.5 Å². The van der Waals surface area contributed by atoms with Crippen molar-refractivity contribution in [3.8, 4) is 0 Å². The summed E-state index contributed by atoms with van der Waals surface area (Å²) in [5.41, 5.74) is 0.524. The smallest absolute Gasteiger partial charge is 0.306 e. The minimum Gasteiger partial charge on any atom is -0.466 e. The summed E-state index contributed by atoms with van der Waals surface area (Å²) in [5.74, 6) is 0.0491. The summed E-state index contributed by atoms with van der Waals surface area (Å²) in [6.45, 7) is 4.74. The lowest BCUT2D eigenvalue weighted by Crippen LogP contribution is -2.49. The van der Waals surface area contributed by atoms with Crippen LogP contribution in [0.25, 0.3) is 0 Å². The Hall–Kier alpha value is -2.94. The van der Waals surface area contributed by atoms with Crippen molar-refractivity contribution in [2.45, 2.75) is 26.3 Å². The van der Waals surface area contributed by atoms with E-state index in [4.69, 9.17) is 4.74 Å². The molecule has 2 amide bonds. The van der Waals surface area contributed by atoms with Gasteiger partial charge >= 0.3 is 5.97 Å². The molecule has 3 rings (SSSR count). The first-order chi connectivity index (χ1) is 14.6. The van der Waals surface area contributed by atoms with Crippen LogP contribution in [0.2, 0.25) is 0 Å². The van der Waals surface area contributed by atoms with Gasteiger partial charge in [-0.2, -0.15) is 0 Å². The van der Waals surface area contributed by atoms with Gasteiger partial charge in [-0.1, -0.05) is 6.07 Å². The molecular weight excluding hydrogens is 404 g/mol. The van der Waals surface area contributed by atoms with Crippen LogP contribution in [0.1, 0.15) is 35.0 Å². The van der Waals surface area contributed by atoms with Gasteiger partial charge in [0.1, 0.15) is 5.82 Å². The highest BCUT2D eigenvalue weighted by atomic mass is 32.1. The van der Waals surface area contributed by atoms with Crippen LogP contribution >= 0.6 is 11.3 Å². The van der Waals surface area contributed by atoms with Crippen molar-refractivity contribution in [1.29, 1.82) is 0 Å². The highest BCUT2D eigenvalue weighted by molar-refractivity contribution is 7.09. The molecular formula is C21H26N4O4S. The number of carbonyl (C=O) groups excluding carboxylic acids is 3. The van der Waals surface area contributed by atoms with E-state index in [-0.39, 0.29) is 30.6 Å². The molecule has 8 nitrogen and oxygen atoms in total. The number of nitrogens with one attached hydrogen (secondary N) is 1. The number of carbonyl (C=O) groups is 3. The largest absolute Gasteiger partial charge is 0.466 e. The lowest BCUT2D eigenvalue weighted by Gasteiger charge is -2.36. The quantitative estimate of drug-likeness (QED) is 0.645. The molecule has 2 aromatic rings. The van der Waals surface area contributed by atoms with Crippen LogP contribution < -0.4 is 10.2 Å². The maximum atomic E-state index is 12.7. The molecule has 1 aliphatic rings. The molecule has 0 aromatic carbocycles. The topological polar surface area (TPSA) is 91.8 Å². The molecule has 0 radical (unpaired) electrons. The molecule has 1 saturated heterocycles. The van der Waals surface area contributed by atoms with Crippen molar-refractivity contribution in [3.63, 3.8) is 0 Å². The van der Waals surface area contributed by atoms with E-state index in [9.17, 15) is 14.4 Å². The van der Waals surface area contributed by atoms with Crippen LogP contribution in [0.4, 0.5) is 5.82 Å². The van der Waals surface area contributed by atoms with Gasteiger partial charge < -0.3 is 19.9 Å². The fourth-order valence-corrected chi connectivity index (χ4v) is 3.91. The number of pyridine rings is 1. The zero-order valence-electron chi connectivity index (χ0n) is 17.0. The van der Waals surface area contributed by atoms with Crippen LogP contribution in [0.15, 0.2) is 35.8 Å². The molecule has 2 aromatic heterocycles. The van der Waals surface area contributed by atoms with E-state index in [0.717, 1.165) is 4.88 Å². The first kappa shape index (κ1) is 21.8. The Labute approximate surface area is 179 Å². The second-order valence-corrected chi connectivity index (χ2v) is 7.84. The van der Waals surface area contributed by atoms with E-state index in [2.05, 4.69) is 10.3 Å². The Morgan fingerprint density at radius 2 is 1.93 bits per heavy atom. The first-order valence-corrected chi connectivity index (χ1v) is 10.9. The third-order valence-electron chi connectivity index (χ3n) is 4.81. The zero-order chi connectivity index (χ0) is 21.3. The maximum absolute atomic E-state index is 12.7. The molecule has 0 spiro atoms. The van der Waals surface area contributed by atoms with E-state index in [1.165, 1.54) is 0 Å². The summed E-state index contributed by atoms with van der Waals surface area (Å²) in [4.78, 5) is 45.8. The number of hydrogen-bond acceptors (Lipinski definition) is 7. The van der Waals surface area contributed by atoms with E-state index < -0.39 is 0 Å². The highest BCUT2D eigenvalue weighted by Crippen LogP contribution is 2.20. The Morgan fingerprint density at radius 3 is 2.63 bits per heavy atom. The number of nitrogens with zero attached hydrogens (tertiary/aromatic N) is 3. The van der Waals surface area contributed by atoms with E-state index in [1.807, 2.05) is 22.4 Å². The first-order valence-electron chi connectivity index (χ1n) is 10.0. The molecule has 0 atom stereocenters. The minimum atomic E-state index is -0.351. The molecule has 0 aliphatic carbocycles. The average molecular weight is 431 g/mol. The molecule has 0 bridgehead atoms. The minimum absolute atomic E-state index is 0.0577. The fraction of sp³-hybridized carbons (Fsp3) is 0.429. The van der Waals surface area contributed by atoms with Crippen molar-refractivity contribution >= 4 is 34.9 Å². The number of thiophene rings is 1. The lowest BCUT2D eigenvalue weighted by atomic mass is 10.2. The number of hydrogen-bond donors (Lipinski definition) is 1. The molecule has 1 fully saturated rings. The number of amides is 2. The number of ether oxygens (including phenoxy) is 1.